The van der Waals surface area contributed by atoms with E-state index in [1.807, 2.05) is 0 Å². The number of carbonyl (C=O) groups excluding carboxylic acids is 2. The summed E-state index contributed by atoms with van der Waals surface area (Å²) in [5, 5.41) is 21.8. The number of aliphatic hydroxyl groups is 1. The van der Waals surface area contributed by atoms with Crippen molar-refractivity contribution < 1.29 is 47.8 Å². The van der Waals surface area contributed by atoms with Crippen molar-refractivity contribution in [3.05, 3.63) is 12.2 Å². The lowest BCUT2D eigenvalue weighted by Gasteiger charge is -2.18. The Kier molecular flexibility index (Phi) is 35.9. The van der Waals surface area contributed by atoms with Crippen LogP contribution in [0.15, 0.2) is 12.2 Å². The van der Waals surface area contributed by atoms with Gasteiger partial charge in [0.1, 0.15) is 12.7 Å². The van der Waals surface area contributed by atoms with Crippen LogP contribution in [-0.2, 0) is 32.7 Å². The molecule has 0 bridgehead atoms. The number of carboxylic acid groups (broad SMARTS) is 1. The van der Waals surface area contributed by atoms with Crippen LogP contribution in [0.5, 0.6) is 0 Å². The summed E-state index contributed by atoms with van der Waals surface area (Å²) >= 11 is 0. The predicted molar refractivity (Wildman–Crippen MR) is 213 cm³/mol. The normalized spacial score (nSPS) is 13.9. The molecular weight excluding hydrogens is 697 g/mol. The largest absolute Gasteiger partial charge is 0.480 e. The van der Waals surface area contributed by atoms with Gasteiger partial charge in [-0.15, -0.1) is 0 Å². The Labute approximate surface area is 322 Å². The average molecular weight is 776 g/mol. The maximum Gasteiger partial charge on any atom is 0.472 e. The van der Waals surface area contributed by atoms with Crippen LogP contribution in [0.25, 0.3) is 0 Å². The van der Waals surface area contributed by atoms with E-state index in [1.165, 1.54) is 103 Å². The number of phosphoric ester groups is 1. The summed E-state index contributed by atoms with van der Waals surface area (Å²) in [6, 6.07) is -1.55. The predicted octanol–water partition coefficient (Wildman–Crippen LogP) is 10.5. The number of phosphoric acid groups is 1. The van der Waals surface area contributed by atoms with Crippen molar-refractivity contribution in [1.29, 1.82) is 0 Å². The number of ether oxygens (including phenoxy) is 1. The zero-order chi connectivity index (χ0) is 39.3. The molecule has 0 aromatic rings. The van der Waals surface area contributed by atoms with Crippen LogP contribution in [0, 0.1) is 0 Å². The smallest absolute Gasteiger partial charge is 0.472 e. The molecule has 0 heterocycles. The molecule has 1 amide bonds. The highest BCUT2D eigenvalue weighted by molar-refractivity contribution is 7.47. The second-order valence-electron chi connectivity index (χ2n) is 14.5. The molecule has 312 valence electrons. The van der Waals surface area contributed by atoms with E-state index < -0.39 is 57.6 Å². The maximum absolute atomic E-state index is 12.2. The number of unbranched alkanes of at least 4 members (excludes halogenated alkanes) is 24. The Morgan fingerprint density at radius 2 is 0.981 bits per heavy atom. The Morgan fingerprint density at radius 3 is 1.47 bits per heavy atom. The molecule has 0 aromatic heterocycles. The molecule has 0 spiro atoms. The first-order valence-corrected chi connectivity index (χ1v) is 22.7. The summed E-state index contributed by atoms with van der Waals surface area (Å²) in [6.45, 7) is 2.57. The first-order valence-electron chi connectivity index (χ1n) is 21.2. The van der Waals surface area contributed by atoms with E-state index in [0.29, 0.717) is 12.8 Å². The number of nitrogens with one attached hydrogen (secondary N) is 1. The Hall–Kier alpha value is -1.78. The molecule has 11 nitrogen and oxygen atoms in total. The van der Waals surface area contributed by atoms with E-state index in [9.17, 15) is 34.1 Å². The number of allylic oxidation sites excluding steroid dienone is 2. The average Bonchev–Trinajstić information content (AvgIpc) is 3.13. The Morgan fingerprint density at radius 1 is 0.585 bits per heavy atom. The second-order valence-corrected chi connectivity index (χ2v) is 16.0. The van der Waals surface area contributed by atoms with Crippen molar-refractivity contribution in [3.8, 4) is 0 Å². The number of aliphatic carboxylic acids is 1. The van der Waals surface area contributed by atoms with Gasteiger partial charge in [-0.2, -0.15) is 0 Å². The van der Waals surface area contributed by atoms with Crippen molar-refractivity contribution in [2.45, 2.75) is 212 Å². The quantitative estimate of drug-likeness (QED) is 0.0203. The number of hydrogen-bond acceptors (Lipinski definition) is 8. The summed E-state index contributed by atoms with van der Waals surface area (Å²) in [6.07, 6.45) is 35.3. The van der Waals surface area contributed by atoms with E-state index in [2.05, 4.69) is 31.3 Å². The molecule has 0 radical (unpaired) electrons. The summed E-state index contributed by atoms with van der Waals surface area (Å²) in [4.78, 5) is 45.8. The van der Waals surface area contributed by atoms with Crippen LogP contribution in [-0.4, -0.2) is 64.9 Å². The summed E-state index contributed by atoms with van der Waals surface area (Å²) in [5.74, 6) is -2.38. The fraction of sp³-hybridized carbons (Fsp3) is 0.878. The van der Waals surface area contributed by atoms with Crippen LogP contribution < -0.4 is 5.32 Å². The molecule has 53 heavy (non-hydrogen) atoms. The maximum atomic E-state index is 12.2. The zero-order valence-corrected chi connectivity index (χ0v) is 34.5. The molecule has 4 N–H and O–H groups in total. The van der Waals surface area contributed by atoms with E-state index >= 15 is 0 Å². The third kappa shape index (κ3) is 36.9. The van der Waals surface area contributed by atoms with E-state index in [-0.39, 0.29) is 12.8 Å². The Bertz CT molecular complexity index is 963. The van der Waals surface area contributed by atoms with E-state index in [4.69, 9.17) is 13.8 Å². The molecular formula is C41H78NO10P. The zero-order valence-electron chi connectivity index (χ0n) is 33.6. The molecule has 12 heteroatoms. The third-order valence-electron chi connectivity index (χ3n) is 9.30. The van der Waals surface area contributed by atoms with Crippen molar-refractivity contribution >= 4 is 25.7 Å². The number of esters is 1. The highest BCUT2D eigenvalue weighted by Crippen LogP contribution is 2.43. The Balaban J connectivity index is 3.88. The minimum Gasteiger partial charge on any atom is -0.480 e. The van der Waals surface area contributed by atoms with Crippen LogP contribution >= 0.6 is 7.82 Å². The second kappa shape index (κ2) is 37.2. The van der Waals surface area contributed by atoms with Crippen LogP contribution in [0.3, 0.4) is 0 Å². The monoisotopic (exact) mass is 776 g/mol. The molecule has 0 saturated carbocycles. The fourth-order valence-electron chi connectivity index (χ4n) is 5.96. The molecule has 0 rings (SSSR count). The van der Waals surface area contributed by atoms with Gasteiger partial charge < -0.3 is 25.2 Å². The fourth-order valence-corrected chi connectivity index (χ4v) is 6.73. The van der Waals surface area contributed by atoms with Gasteiger partial charge in [-0.25, -0.2) is 9.36 Å². The molecule has 0 aliphatic heterocycles. The number of carbonyl (C=O) groups is 3. The number of carboxylic acids is 1. The van der Waals surface area contributed by atoms with Crippen molar-refractivity contribution in [2.75, 3.05) is 19.8 Å². The molecule has 0 aliphatic carbocycles. The SMILES string of the molecule is CCCCC/C=C\CCCCCCCC(=O)NC(COP(=O)(O)OCC(O)COC(=O)CCCCCCCCCCCCCCCCCCC)C(=O)O. The summed E-state index contributed by atoms with van der Waals surface area (Å²) in [7, 11) is -4.75. The molecule has 3 atom stereocenters. The third-order valence-corrected chi connectivity index (χ3v) is 10.3. The van der Waals surface area contributed by atoms with Crippen molar-refractivity contribution in [3.63, 3.8) is 0 Å². The molecule has 3 unspecified atom stereocenters. The lowest BCUT2D eigenvalue weighted by molar-refractivity contribution is -0.147. The van der Waals surface area contributed by atoms with Crippen molar-refractivity contribution in [1.82, 2.24) is 5.32 Å². The minimum absolute atomic E-state index is 0.138. The highest BCUT2D eigenvalue weighted by atomic mass is 31.2. The van der Waals surface area contributed by atoms with Gasteiger partial charge in [-0.05, 0) is 38.5 Å². The van der Waals surface area contributed by atoms with Gasteiger partial charge in [0.05, 0.1) is 13.2 Å². The lowest BCUT2D eigenvalue weighted by Crippen LogP contribution is -2.43. The van der Waals surface area contributed by atoms with Gasteiger partial charge >= 0.3 is 19.8 Å². The van der Waals surface area contributed by atoms with Gasteiger partial charge in [-0.3, -0.25) is 18.6 Å². The van der Waals surface area contributed by atoms with Gasteiger partial charge in [-0.1, -0.05) is 161 Å². The molecule has 0 aromatic carbocycles. The summed E-state index contributed by atoms with van der Waals surface area (Å²) in [5.41, 5.74) is 0. The number of rotatable bonds is 40. The topological polar surface area (TPSA) is 169 Å². The van der Waals surface area contributed by atoms with Gasteiger partial charge in [0.2, 0.25) is 5.91 Å². The standard InChI is InChI=1S/C41H78NO10P/c1-3-5-7-9-11-13-15-17-18-19-20-21-23-25-27-29-31-33-40(45)50-34-37(43)35-51-53(48,49)52-36-38(41(46)47)42-39(44)32-30-28-26-24-22-16-14-12-10-8-6-4-2/h12,14,37-38,43H,3-11,13,15-36H2,1-2H3,(H,42,44)(H,46,47)(H,48,49)/b14-12-. The van der Waals surface area contributed by atoms with E-state index in [1.54, 1.807) is 0 Å². The van der Waals surface area contributed by atoms with E-state index in [0.717, 1.165) is 57.8 Å². The number of hydrogen-bond donors (Lipinski definition) is 4. The first-order chi connectivity index (χ1) is 25.6. The van der Waals surface area contributed by atoms with Crippen LogP contribution in [0.4, 0.5) is 0 Å². The number of amides is 1. The van der Waals surface area contributed by atoms with Gasteiger partial charge in [0, 0.05) is 12.8 Å². The molecule has 0 fully saturated rings. The minimum atomic E-state index is -4.75. The van der Waals surface area contributed by atoms with Crippen LogP contribution in [0.1, 0.15) is 200 Å². The molecule has 0 saturated heterocycles. The molecule has 0 aliphatic rings. The van der Waals surface area contributed by atoms with Crippen molar-refractivity contribution in [2.24, 2.45) is 0 Å². The number of aliphatic hydroxyl groups excluding tert-OH is 1. The van der Waals surface area contributed by atoms with Gasteiger partial charge in [0.15, 0.2) is 6.04 Å². The first kappa shape index (κ1) is 51.2. The van der Waals surface area contributed by atoms with Crippen LogP contribution in [0.2, 0.25) is 0 Å². The lowest BCUT2D eigenvalue weighted by atomic mass is 10.0. The van der Waals surface area contributed by atoms with Gasteiger partial charge in [0.25, 0.3) is 0 Å². The highest BCUT2D eigenvalue weighted by Gasteiger charge is 2.28. The summed E-state index contributed by atoms with van der Waals surface area (Å²) < 4.78 is 26.8.